The first kappa shape index (κ1) is 16.9. The lowest BCUT2D eigenvalue weighted by molar-refractivity contribution is -0.179. The summed E-state index contributed by atoms with van der Waals surface area (Å²) >= 11 is 0. The first-order chi connectivity index (χ1) is 7.73. The van der Waals surface area contributed by atoms with Crippen molar-refractivity contribution in [2.45, 2.75) is 58.8 Å². The van der Waals surface area contributed by atoms with E-state index in [2.05, 4.69) is 0 Å². The van der Waals surface area contributed by atoms with Gasteiger partial charge < -0.3 is 20.7 Å². The highest BCUT2D eigenvalue weighted by Crippen LogP contribution is 2.29. The molecule has 2 atom stereocenters. The fourth-order valence-corrected chi connectivity index (χ4v) is 1.36. The van der Waals surface area contributed by atoms with Gasteiger partial charge in [-0.25, -0.2) is 9.59 Å². The minimum absolute atomic E-state index is 0.871. The number of aliphatic hydroxyl groups excluding tert-OH is 1. The van der Waals surface area contributed by atoms with Crippen molar-refractivity contribution in [3.63, 3.8) is 0 Å². The minimum atomic E-state index is -2.48. The van der Waals surface area contributed by atoms with Crippen molar-refractivity contribution in [2.24, 2.45) is 11.1 Å². The zero-order valence-electron chi connectivity index (χ0n) is 11.8. The summed E-state index contributed by atoms with van der Waals surface area (Å²) in [6, 6.07) is 0. The van der Waals surface area contributed by atoms with Crippen molar-refractivity contribution in [1.29, 1.82) is 0 Å². The Balaban J connectivity index is 5.43. The highest BCUT2D eigenvalue weighted by Gasteiger charge is 2.55. The third kappa shape index (κ3) is 3.68. The summed E-state index contributed by atoms with van der Waals surface area (Å²) in [6.45, 7) is 9.55. The van der Waals surface area contributed by atoms with Crippen LogP contribution in [0.25, 0.3) is 0 Å². The zero-order chi connectivity index (χ0) is 14.9. The van der Waals surface area contributed by atoms with E-state index in [1.807, 2.05) is 0 Å². The SMILES string of the molecule is CC(C)(C)OC(=O)[C@@](N)(C(=O)O)[C@H](O)C(C)(C)C. The summed E-state index contributed by atoms with van der Waals surface area (Å²) < 4.78 is 4.98. The maximum atomic E-state index is 11.9. The molecule has 0 radical (unpaired) electrons. The summed E-state index contributed by atoms with van der Waals surface area (Å²) in [5, 5.41) is 19.2. The molecular formula is C12H23NO5. The first-order valence-corrected chi connectivity index (χ1v) is 5.66. The number of aliphatic hydroxyl groups is 1. The summed E-state index contributed by atoms with van der Waals surface area (Å²) in [4.78, 5) is 23.2. The Labute approximate surface area is 107 Å². The molecule has 4 N–H and O–H groups in total. The Morgan fingerprint density at radius 3 is 1.72 bits per heavy atom. The van der Waals surface area contributed by atoms with E-state index in [-0.39, 0.29) is 0 Å². The van der Waals surface area contributed by atoms with Crippen molar-refractivity contribution >= 4 is 11.9 Å². The first-order valence-electron chi connectivity index (χ1n) is 5.66. The van der Waals surface area contributed by atoms with Crippen LogP contribution in [0.1, 0.15) is 41.5 Å². The van der Waals surface area contributed by atoms with Gasteiger partial charge in [0.1, 0.15) is 5.60 Å². The molecule has 0 fully saturated rings. The lowest BCUT2D eigenvalue weighted by Gasteiger charge is -2.37. The smallest absolute Gasteiger partial charge is 0.341 e. The number of hydrogen-bond acceptors (Lipinski definition) is 5. The predicted molar refractivity (Wildman–Crippen MR) is 65.9 cm³/mol. The van der Waals surface area contributed by atoms with Crippen LogP contribution in [0.5, 0.6) is 0 Å². The predicted octanol–water partition coefficient (Wildman–Crippen LogP) is 0.517. The number of aliphatic carboxylic acids is 1. The molecule has 0 heterocycles. The van der Waals surface area contributed by atoms with E-state index in [1.54, 1.807) is 41.5 Å². The lowest BCUT2D eigenvalue weighted by atomic mass is 9.76. The highest BCUT2D eigenvalue weighted by atomic mass is 16.6. The van der Waals surface area contributed by atoms with E-state index >= 15 is 0 Å². The van der Waals surface area contributed by atoms with Crippen LogP contribution in [0.15, 0.2) is 0 Å². The molecule has 6 nitrogen and oxygen atoms in total. The highest BCUT2D eigenvalue weighted by molar-refractivity contribution is 6.04. The van der Waals surface area contributed by atoms with Crippen LogP contribution < -0.4 is 5.73 Å². The standard InChI is InChI=1S/C12H23NO5/c1-10(2,3)7(14)12(13,8(15)16)9(17)18-11(4,5)6/h7,14H,13H2,1-6H3,(H,15,16)/t7-,12+/m1/s1. The van der Waals surface area contributed by atoms with Gasteiger partial charge in [-0.05, 0) is 26.2 Å². The lowest BCUT2D eigenvalue weighted by Crippen LogP contribution is -2.67. The number of carbonyl (C=O) groups is 2. The minimum Gasteiger partial charge on any atom is -0.479 e. The van der Waals surface area contributed by atoms with Crippen LogP contribution in [0.4, 0.5) is 0 Å². The van der Waals surface area contributed by atoms with Gasteiger partial charge in [-0.2, -0.15) is 0 Å². The largest absolute Gasteiger partial charge is 0.479 e. The molecule has 0 unspecified atom stereocenters. The molecule has 0 spiro atoms. The molecule has 0 bridgehead atoms. The van der Waals surface area contributed by atoms with E-state index in [1.165, 1.54) is 0 Å². The van der Waals surface area contributed by atoms with Gasteiger partial charge in [-0.3, -0.25) is 0 Å². The molecule has 0 saturated carbocycles. The van der Waals surface area contributed by atoms with E-state index in [0.29, 0.717) is 0 Å². The Kier molecular flexibility index (Phi) is 4.55. The van der Waals surface area contributed by atoms with Gasteiger partial charge in [0.25, 0.3) is 0 Å². The van der Waals surface area contributed by atoms with Crippen LogP contribution >= 0.6 is 0 Å². The summed E-state index contributed by atoms with van der Waals surface area (Å²) in [7, 11) is 0. The molecule has 0 rings (SSSR count). The number of hydrogen-bond donors (Lipinski definition) is 3. The van der Waals surface area contributed by atoms with Crippen molar-refractivity contribution in [1.82, 2.24) is 0 Å². The molecule has 0 aliphatic heterocycles. The van der Waals surface area contributed by atoms with Crippen molar-refractivity contribution < 1.29 is 24.5 Å². The molecule has 0 aromatic heterocycles. The zero-order valence-corrected chi connectivity index (χ0v) is 11.8. The van der Waals surface area contributed by atoms with E-state index in [9.17, 15) is 14.7 Å². The number of nitrogens with two attached hydrogens (primary N) is 1. The van der Waals surface area contributed by atoms with Gasteiger partial charge in [0.15, 0.2) is 0 Å². The molecule has 18 heavy (non-hydrogen) atoms. The molecule has 0 amide bonds. The maximum Gasteiger partial charge on any atom is 0.341 e. The average molecular weight is 261 g/mol. The molecule has 0 saturated heterocycles. The van der Waals surface area contributed by atoms with Gasteiger partial charge in [0, 0.05) is 0 Å². The molecule has 0 aliphatic carbocycles. The molecular weight excluding hydrogens is 238 g/mol. The second kappa shape index (κ2) is 4.85. The number of carbonyl (C=O) groups excluding carboxylic acids is 1. The second-order valence-electron chi connectivity index (χ2n) is 6.44. The number of esters is 1. The second-order valence-corrected chi connectivity index (χ2v) is 6.44. The normalized spacial score (nSPS) is 17.8. The van der Waals surface area contributed by atoms with Crippen LogP contribution in [0.3, 0.4) is 0 Å². The molecule has 0 aromatic rings. The molecule has 0 aliphatic rings. The van der Waals surface area contributed by atoms with Crippen LogP contribution in [0, 0.1) is 5.41 Å². The Morgan fingerprint density at radius 2 is 1.50 bits per heavy atom. The average Bonchev–Trinajstić information content (AvgIpc) is 2.10. The third-order valence-electron chi connectivity index (χ3n) is 2.34. The summed E-state index contributed by atoms with van der Waals surface area (Å²) in [5.74, 6) is -2.76. The fraction of sp³-hybridized carbons (Fsp3) is 0.833. The van der Waals surface area contributed by atoms with Gasteiger partial charge in [0.05, 0.1) is 6.10 Å². The monoisotopic (exact) mass is 261 g/mol. The van der Waals surface area contributed by atoms with Crippen LogP contribution in [0.2, 0.25) is 0 Å². The Morgan fingerprint density at radius 1 is 1.11 bits per heavy atom. The maximum absolute atomic E-state index is 11.9. The van der Waals surface area contributed by atoms with Crippen molar-refractivity contribution in [3.8, 4) is 0 Å². The molecule has 106 valence electrons. The Bertz CT molecular complexity index is 339. The summed E-state index contributed by atoms with van der Waals surface area (Å²) in [6.07, 6.45) is -1.57. The van der Waals surface area contributed by atoms with Crippen LogP contribution in [-0.2, 0) is 14.3 Å². The van der Waals surface area contributed by atoms with Gasteiger partial charge >= 0.3 is 11.9 Å². The topological polar surface area (TPSA) is 110 Å². The quantitative estimate of drug-likeness (QED) is 0.504. The third-order valence-corrected chi connectivity index (χ3v) is 2.34. The number of ether oxygens (including phenoxy) is 1. The fourth-order valence-electron chi connectivity index (χ4n) is 1.36. The van der Waals surface area contributed by atoms with Gasteiger partial charge in [-0.1, -0.05) is 20.8 Å². The van der Waals surface area contributed by atoms with Crippen LogP contribution in [-0.4, -0.2) is 39.4 Å². The number of rotatable bonds is 3. The molecule has 6 heteroatoms. The van der Waals surface area contributed by atoms with Crippen molar-refractivity contribution in [3.05, 3.63) is 0 Å². The Hall–Kier alpha value is -1.14. The van der Waals surface area contributed by atoms with E-state index in [4.69, 9.17) is 15.6 Å². The van der Waals surface area contributed by atoms with Crippen molar-refractivity contribution in [2.75, 3.05) is 0 Å². The number of carboxylic acids is 1. The van der Waals surface area contributed by atoms with Gasteiger partial charge in [-0.15, -0.1) is 0 Å². The molecule has 0 aromatic carbocycles. The van der Waals surface area contributed by atoms with E-state index < -0.39 is 34.6 Å². The van der Waals surface area contributed by atoms with E-state index in [0.717, 1.165) is 0 Å². The number of carboxylic acid groups (broad SMARTS) is 1. The van der Waals surface area contributed by atoms with Gasteiger partial charge in [0.2, 0.25) is 5.54 Å². The summed E-state index contributed by atoms with van der Waals surface area (Å²) in [5.41, 5.74) is 1.37.